The predicted octanol–water partition coefficient (Wildman–Crippen LogP) is 9.02. The number of benzene rings is 5. The Hall–Kier alpha value is -6.40. The van der Waals surface area contributed by atoms with Gasteiger partial charge in [0.05, 0.1) is 16.3 Å². The highest BCUT2D eigenvalue weighted by Gasteiger charge is 2.16. The van der Waals surface area contributed by atoms with Gasteiger partial charge in [0.25, 0.3) is 5.69 Å². The molecule has 0 saturated carbocycles. The largest absolute Gasteiger partial charge is 0.331 e. The molecule has 0 radical (unpaired) electrons. The number of carbonyl (C=O) groups excluding carboxylic acids is 3. The van der Waals surface area contributed by atoms with Crippen molar-refractivity contribution in [3.8, 4) is 0 Å². The van der Waals surface area contributed by atoms with Crippen LogP contribution >= 0.6 is 11.8 Å². The minimum Gasteiger partial charge on any atom is -0.318 e. The standard InChI is InChI=1S/C39H32N4O7S/c1-25(40-49-27(3)44)29-5-13-33(14-6-29)42(34-15-7-30(8-16-34)26(2)41-50-28(4)45)35-17-9-31(10-18-35)39(46)32-11-21-37(22-12-32)51-38-23-19-36(20-24-38)43(47)48/h5-24H,1-4H3/b40-25-,41-26?. The third-order valence-corrected chi connectivity index (χ3v) is 8.51. The number of nitro groups is 1. The van der Waals surface area contributed by atoms with Gasteiger partial charge in [-0.1, -0.05) is 46.3 Å². The molecule has 12 heteroatoms. The molecule has 0 aliphatic heterocycles. The zero-order valence-corrected chi connectivity index (χ0v) is 28.9. The van der Waals surface area contributed by atoms with Crippen LogP contribution < -0.4 is 4.90 Å². The van der Waals surface area contributed by atoms with Crippen molar-refractivity contribution < 1.29 is 29.0 Å². The van der Waals surface area contributed by atoms with Crippen LogP contribution in [0.3, 0.4) is 0 Å². The number of hydrogen-bond donors (Lipinski definition) is 0. The quantitative estimate of drug-likeness (QED) is 0.0410. The SMILES string of the molecule is CC(=O)ON=C(C)c1ccc(N(c2ccc(C(=O)c3ccc(Sc4ccc([N+](=O)[O-])cc4)cc3)cc2)c2ccc(/C(C)=N\OC(C)=O)cc2)cc1. The third-order valence-electron chi connectivity index (χ3n) is 7.50. The first-order valence-corrected chi connectivity index (χ1v) is 16.4. The van der Waals surface area contributed by atoms with Crippen molar-refractivity contribution in [3.05, 3.63) is 154 Å². The number of ketones is 1. The molecule has 0 aliphatic rings. The highest BCUT2D eigenvalue weighted by atomic mass is 32.2. The fraction of sp³-hybridized carbons (Fsp3) is 0.103. The van der Waals surface area contributed by atoms with Crippen molar-refractivity contribution in [2.45, 2.75) is 37.5 Å². The summed E-state index contributed by atoms with van der Waals surface area (Å²) in [7, 11) is 0. The minimum atomic E-state index is -0.508. The van der Waals surface area contributed by atoms with Gasteiger partial charge in [-0.15, -0.1) is 0 Å². The Morgan fingerprint density at radius 2 is 0.882 bits per heavy atom. The van der Waals surface area contributed by atoms with Gasteiger partial charge in [-0.05, 0) is 110 Å². The van der Waals surface area contributed by atoms with Gasteiger partial charge in [0, 0.05) is 64.0 Å². The monoisotopic (exact) mass is 700 g/mol. The average molecular weight is 701 g/mol. The summed E-state index contributed by atoms with van der Waals surface area (Å²) >= 11 is 1.44. The summed E-state index contributed by atoms with van der Waals surface area (Å²) in [5.74, 6) is -1.16. The van der Waals surface area contributed by atoms with Crippen LogP contribution in [0, 0.1) is 10.1 Å². The molecule has 0 fully saturated rings. The molecule has 0 saturated heterocycles. The Kier molecular flexibility index (Phi) is 11.5. The second kappa shape index (κ2) is 16.3. The fourth-order valence-corrected chi connectivity index (χ4v) is 5.71. The summed E-state index contributed by atoms with van der Waals surface area (Å²) in [5.41, 5.74) is 6.10. The molecule has 5 aromatic rings. The number of nitrogens with zero attached hydrogens (tertiary/aromatic N) is 4. The summed E-state index contributed by atoms with van der Waals surface area (Å²) in [4.78, 5) is 59.7. The maximum atomic E-state index is 13.5. The molecule has 256 valence electrons. The van der Waals surface area contributed by atoms with Gasteiger partial charge < -0.3 is 14.6 Å². The molecule has 51 heavy (non-hydrogen) atoms. The first kappa shape index (κ1) is 35.9. The Bertz CT molecular complexity index is 2040. The number of nitro benzene ring substituents is 1. The molecule has 0 amide bonds. The van der Waals surface area contributed by atoms with Gasteiger partial charge >= 0.3 is 11.9 Å². The van der Waals surface area contributed by atoms with E-state index < -0.39 is 16.9 Å². The molecule has 11 nitrogen and oxygen atoms in total. The summed E-state index contributed by atoms with van der Waals surface area (Å²) in [5, 5.41) is 18.7. The molecule has 0 atom stereocenters. The van der Waals surface area contributed by atoms with E-state index in [0.717, 1.165) is 38.0 Å². The summed E-state index contributed by atoms with van der Waals surface area (Å²) < 4.78 is 0. The third kappa shape index (κ3) is 9.40. The predicted molar refractivity (Wildman–Crippen MR) is 196 cm³/mol. The van der Waals surface area contributed by atoms with Crippen molar-refractivity contribution in [2.75, 3.05) is 4.90 Å². The molecule has 0 bridgehead atoms. The van der Waals surface area contributed by atoms with Crippen molar-refractivity contribution in [1.82, 2.24) is 0 Å². The van der Waals surface area contributed by atoms with Gasteiger partial charge in [0.2, 0.25) is 0 Å². The van der Waals surface area contributed by atoms with Gasteiger partial charge in [-0.2, -0.15) is 0 Å². The van der Waals surface area contributed by atoms with Gasteiger partial charge in [0.15, 0.2) is 5.78 Å². The van der Waals surface area contributed by atoms with E-state index in [0.29, 0.717) is 22.6 Å². The number of oxime groups is 2. The van der Waals surface area contributed by atoms with Crippen LogP contribution in [0.4, 0.5) is 22.7 Å². The van der Waals surface area contributed by atoms with Crippen LogP contribution in [0.15, 0.2) is 141 Å². The molecule has 0 unspecified atom stereocenters. The minimum absolute atomic E-state index is 0.0290. The maximum Gasteiger partial charge on any atom is 0.331 e. The second-order valence-electron chi connectivity index (χ2n) is 11.2. The lowest BCUT2D eigenvalue weighted by atomic mass is 10.0. The Morgan fingerprint density at radius 1 is 0.549 bits per heavy atom. The van der Waals surface area contributed by atoms with Crippen molar-refractivity contribution in [2.24, 2.45) is 10.3 Å². The number of anilines is 3. The molecular weight excluding hydrogens is 669 g/mol. The summed E-state index contributed by atoms with van der Waals surface area (Å²) in [6.45, 7) is 6.06. The van der Waals surface area contributed by atoms with E-state index in [9.17, 15) is 24.5 Å². The van der Waals surface area contributed by atoms with Crippen LogP contribution in [0.1, 0.15) is 54.7 Å². The lowest BCUT2D eigenvalue weighted by Crippen LogP contribution is -2.11. The molecule has 5 rings (SSSR count). The van der Waals surface area contributed by atoms with E-state index in [4.69, 9.17) is 9.68 Å². The lowest BCUT2D eigenvalue weighted by Gasteiger charge is -2.26. The lowest BCUT2D eigenvalue weighted by molar-refractivity contribution is -0.384. The Balaban J connectivity index is 1.39. The van der Waals surface area contributed by atoms with E-state index in [1.165, 1.54) is 37.7 Å². The van der Waals surface area contributed by atoms with Crippen LogP contribution in [0.5, 0.6) is 0 Å². The Labute approximate surface area is 298 Å². The van der Waals surface area contributed by atoms with E-state index >= 15 is 0 Å². The molecule has 0 heterocycles. The van der Waals surface area contributed by atoms with Gasteiger partial charge in [0.1, 0.15) is 0 Å². The van der Waals surface area contributed by atoms with Crippen molar-refractivity contribution in [1.29, 1.82) is 0 Å². The van der Waals surface area contributed by atoms with Crippen LogP contribution in [-0.2, 0) is 19.3 Å². The summed E-state index contributed by atoms with van der Waals surface area (Å²) in [6.07, 6.45) is 0. The second-order valence-corrected chi connectivity index (χ2v) is 12.3. The zero-order valence-electron chi connectivity index (χ0n) is 28.1. The van der Waals surface area contributed by atoms with Crippen molar-refractivity contribution >= 4 is 63.7 Å². The van der Waals surface area contributed by atoms with E-state index in [1.807, 2.05) is 77.7 Å². The van der Waals surface area contributed by atoms with E-state index in [2.05, 4.69) is 10.3 Å². The van der Waals surface area contributed by atoms with E-state index in [-0.39, 0.29) is 11.5 Å². The molecular formula is C39H32N4O7S. The number of non-ortho nitro benzene ring substituents is 1. The highest BCUT2D eigenvalue weighted by molar-refractivity contribution is 7.99. The first-order chi connectivity index (χ1) is 24.5. The van der Waals surface area contributed by atoms with E-state index in [1.54, 1.807) is 50.2 Å². The molecule has 0 aromatic heterocycles. The highest BCUT2D eigenvalue weighted by Crippen LogP contribution is 2.35. The Morgan fingerprint density at radius 3 is 1.24 bits per heavy atom. The number of hydrogen-bond acceptors (Lipinski definition) is 11. The topological polar surface area (TPSA) is 141 Å². The fourth-order valence-electron chi connectivity index (χ4n) is 4.90. The van der Waals surface area contributed by atoms with Crippen LogP contribution in [-0.4, -0.2) is 34.1 Å². The number of carbonyl (C=O) groups is 3. The van der Waals surface area contributed by atoms with Crippen LogP contribution in [0.2, 0.25) is 0 Å². The average Bonchev–Trinajstić information content (AvgIpc) is 3.14. The molecule has 0 aliphatic carbocycles. The zero-order chi connectivity index (χ0) is 36.5. The van der Waals surface area contributed by atoms with Gasteiger partial charge in [-0.3, -0.25) is 14.9 Å². The summed E-state index contributed by atoms with van der Waals surface area (Å²) in [6, 6.07) is 36.0. The number of rotatable bonds is 12. The first-order valence-electron chi connectivity index (χ1n) is 15.6. The smallest absolute Gasteiger partial charge is 0.318 e. The maximum absolute atomic E-state index is 13.5. The molecule has 0 N–H and O–H groups in total. The van der Waals surface area contributed by atoms with Crippen LogP contribution in [0.25, 0.3) is 0 Å². The molecule has 5 aromatic carbocycles. The van der Waals surface area contributed by atoms with Gasteiger partial charge in [-0.25, -0.2) is 9.59 Å². The van der Waals surface area contributed by atoms with Crippen molar-refractivity contribution in [3.63, 3.8) is 0 Å². The molecule has 0 spiro atoms. The normalized spacial score (nSPS) is 11.5.